The minimum absolute atomic E-state index is 0.0404. The second-order valence-electron chi connectivity index (χ2n) is 1.82. The van der Waals surface area contributed by atoms with E-state index in [1.54, 1.807) is 0 Å². The summed E-state index contributed by atoms with van der Waals surface area (Å²) in [6.07, 6.45) is 1.56. The zero-order valence-corrected chi connectivity index (χ0v) is 6.76. The van der Waals surface area contributed by atoms with Crippen molar-refractivity contribution in [3.8, 4) is 0 Å². The molecule has 0 saturated heterocycles. The molecule has 9 heavy (non-hydrogen) atoms. The highest BCUT2D eigenvalue weighted by atomic mass is 28.3. The summed E-state index contributed by atoms with van der Waals surface area (Å²) in [4.78, 5) is 8.31. The monoisotopic (exact) mass is 148 g/mol. The van der Waals surface area contributed by atoms with Gasteiger partial charge in [-0.1, -0.05) is 13.8 Å². The molecule has 0 unspecified atom stereocenters. The molecule has 0 aromatic carbocycles. The summed E-state index contributed by atoms with van der Waals surface area (Å²) < 4.78 is 14.7. The van der Waals surface area contributed by atoms with Crippen LogP contribution in [0.25, 0.3) is 0 Å². The van der Waals surface area contributed by atoms with Crippen molar-refractivity contribution in [3.63, 3.8) is 0 Å². The van der Waals surface area contributed by atoms with Crippen molar-refractivity contribution in [2.45, 2.75) is 32.8 Å². The molecule has 0 rings (SSSR count). The fourth-order valence-corrected chi connectivity index (χ4v) is 1.22. The van der Waals surface area contributed by atoms with Gasteiger partial charge in [0.25, 0.3) is 0 Å². The van der Waals surface area contributed by atoms with Crippen molar-refractivity contribution in [3.05, 3.63) is 0 Å². The van der Waals surface area contributed by atoms with Crippen molar-refractivity contribution in [2.24, 2.45) is 0 Å². The van der Waals surface area contributed by atoms with Crippen LogP contribution < -0.4 is 0 Å². The van der Waals surface area contributed by atoms with Gasteiger partial charge in [-0.3, -0.25) is 4.46 Å². The maximum atomic E-state index is 10.1. The highest BCUT2D eigenvalue weighted by molar-refractivity contribution is 6.24. The molecule has 4 heteroatoms. The molecule has 0 aromatic heterocycles. The molecule has 0 aliphatic carbocycles. The highest BCUT2D eigenvalue weighted by Gasteiger charge is 2.10. The van der Waals surface area contributed by atoms with Gasteiger partial charge in [0.15, 0.2) is 0 Å². The Kier molecular flexibility index (Phi) is 4.30. The summed E-state index contributed by atoms with van der Waals surface area (Å²) in [7, 11) is -2.71. The first-order chi connectivity index (χ1) is 4.20. The summed E-state index contributed by atoms with van der Waals surface area (Å²) in [5, 5.41) is 0. The molecule has 0 aliphatic rings. The maximum absolute atomic E-state index is 10.1. The Morgan fingerprint density at radius 1 is 1.56 bits per heavy atom. The third kappa shape index (κ3) is 4.14. The number of hydrogen-bond donors (Lipinski definition) is 1. The topological polar surface area (TPSA) is 46.5 Å². The smallest absolute Gasteiger partial charge is 0.511 e. The van der Waals surface area contributed by atoms with Crippen LogP contribution in [0.1, 0.15) is 26.7 Å². The van der Waals surface area contributed by atoms with Crippen LogP contribution in [0.3, 0.4) is 0 Å². The lowest BCUT2D eigenvalue weighted by molar-refractivity contribution is 0.139. The molecule has 0 saturated carbocycles. The van der Waals surface area contributed by atoms with Crippen LogP contribution in [0.4, 0.5) is 0 Å². The van der Waals surface area contributed by atoms with Crippen LogP contribution in [0.5, 0.6) is 0 Å². The van der Waals surface area contributed by atoms with Crippen LogP contribution in [-0.2, 0) is 8.89 Å². The van der Waals surface area contributed by atoms with Gasteiger partial charge < -0.3 is 9.22 Å². The Hall–Kier alpha value is -0.383. The van der Waals surface area contributed by atoms with Gasteiger partial charge in [0.05, 0.1) is 6.10 Å². The van der Waals surface area contributed by atoms with Crippen molar-refractivity contribution in [1.82, 2.24) is 0 Å². The maximum Gasteiger partial charge on any atom is 0.764 e. The molecular formula is C5H12O3Si. The fourth-order valence-electron chi connectivity index (χ4n) is 0.598. The van der Waals surface area contributed by atoms with Crippen molar-refractivity contribution in [1.29, 1.82) is 0 Å². The second kappa shape index (κ2) is 4.49. The minimum atomic E-state index is -2.71. The highest BCUT2D eigenvalue weighted by Crippen LogP contribution is 2.00. The lowest BCUT2D eigenvalue weighted by Gasteiger charge is -2.09. The standard InChI is InChI=1S/C5H12O3Si/c1-3-5(4-2)8-9(6)7/h5-6H,3-4H2,1-2H3. The first kappa shape index (κ1) is 8.62. The van der Waals surface area contributed by atoms with E-state index in [0.29, 0.717) is 0 Å². The molecule has 0 fully saturated rings. The molecule has 3 nitrogen and oxygen atoms in total. The van der Waals surface area contributed by atoms with Gasteiger partial charge in [-0.2, -0.15) is 0 Å². The predicted molar refractivity (Wildman–Crippen MR) is 34.1 cm³/mol. The van der Waals surface area contributed by atoms with E-state index in [1.165, 1.54) is 0 Å². The van der Waals surface area contributed by atoms with Crippen LogP contribution >= 0.6 is 0 Å². The van der Waals surface area contributed by atoms with Crippen LogP contribution in [0.15, 0.2) is 0 Å². The van der Waals surface area contributed by atoms with Gasteiger partial charge >= 0.3 is 9.17 Å². The molecule has 0 amide bonds. The predicted octanol–water partition coefficient (Wildman–Crippen LogP) is 0.599. The SMILES string of the molecule is CCC(CC)O[Si](=O)O. The minimum Gasteiger partial charge on any atom is -0.511 e. The van der Waals surface area contributed by atoms with Gasteiger partial charge in [-0.05, 0) is 12.8 Å². The summed E-state index contributed by atoms with van der Waals surface area (Å²) >= 11 is 0. The van der Waals surface area contributed by atoms with Crippen molar-refractivity contribution in [2.75, 3.05) is 0 Å². The van der Waals surface area contributed by atoms with E-state index in [4.69, 9.17) is 4.80 Å². The lowest BCUT2D eigenvalue weighted by atomic mass is 10.2. The van der Waals surface area contributed by atoms with Gasteiger partial charge in [0.1, 0.15) is 0 Å². The van der Waals surface area contributed by atoms with E-state index >= 15 is 0 Å². The summed E-state index contributed by atoms with van der Waals surface area (Å²) in [6.45, 7) is 3.86. The molecule has 0 aliphatic heterocycles. The van der Waals surface area contributed by atoms with Gasteiger partial charge in [-0.15, -0.1) is 0 Å². The Morgan fingerprint density at radius 2 is 2.00 bits per heavy atom. The molecule has 0 heterocycles. The van der Waals surface area contributed by atoms with E-state index in [1.807, 2.05) is 13.8 Å². The van der Waals surface area contributed by atoms with Gasteiger partial charge in [0, 0.05) is 0 Å². The Bertz CT molecular complexity index is 90.2. The van der Waals surface area contributed by atoms with Crippen LogP contribution in [0, 0.1) is 0 Å². The molecule has 0 aromatic rings. The normalized spacial score (nSPS) is 9.67. The van der Waals surface area contributed by atoms with Crippen molar-refractivity contribution >= 4 is 9.17 Å². The number of hydrogen-bond acceptors (Lipinski definition) is 2. The summed E-state index contributed by atoms with van der Waals surface area (Å²) in [6, 6.07) is 0. The van der Waals surface area contributed by atoms with Crippen LogP contribution in [-0.4, -0.2) is 20.1 Å². The molecule has 1 N–H and O–H groups in total. The Labute approximate surface area is 56.6 Å². The largest absolute Gasteiger partial charge is 0.764 e. The summed E-state index contributed by atoms with van der Waals surface area (Å²) in [5.41, 5.74) is 0. The molecule has 0 atom stereocenters. The quantitative estimate of drug-likeness (QED) is 0.594. The third-order valence-corrected chi connectivity index (χ3v) is 1.71. The zero-order chi connectivity index (χ0) is 7.28. The lowest BCUT2D eigenvalue weighted by Crippen LogP contribution is -2.17. The Morgan fingerprint density at radius 3 is 2.11 bits per heavy atom. The molecule has 0 spiro atoms. The average Bonchev–Trinajstić information content (AvgIpc) is 1.82. The molecule has 0 bridgehead atoms. The first-order valence-electron chi connectivity index (χ1n) is 3.10. The first-order valence-corrected chi connectivity index (χ1v) is 4.36. The molecular weight excluding hydrogens is 136 g/mol. The van der Waals surface area contributed by atoms with Gasteiger partial charge in [-0.25, -0.2) is 0 Å². The third-order valence-electron chi connectivity index (χ3n) is 1.18. The summed E-state index contributed by atoms with van der Waals surface area (Å²) in [5.74, 6) is 0. The fraction of sp³-hybridized carbons (Fsp3) is 1.00. The average molecular weight is 148 g/mol. The van der Waals surface area contributed by atoms with E-state index in [2.05, 4.69) is 4.43 Å². The second-order valence-corrected chi connectivity index (χ2v) is 2.59. The Balaban J connectivity index is 3.43. The zero-order valence-electron chi connectivity index (χ0n) is 5.76. The molecule has 54 valence electrons. The van der Waals surface area contributed by atoms with E-state index in [0.717, 1.165) is 12.8 Å². The van der Waals surface area contributed by atoms with E-state index in [-0.39, 0.29) is 6.10 Å². The molecule has 0 radical (unpaired) electrons. The van der Waals surface area contributed by atoms with Gasteiger partial charge in [0.2, 0.25) is 0 Å². The van der Waals surface area contributed by atoms with E-state index in [9.17, 15) is 4.46 Å². The van der Waals surface area contributed by atoms with E-state index < -0.39 is 9.17 Å². The number of rotatable bonds is 4. The van der Waals surface area contributed by atoms with Crippen LogP contribution in [0.2, 0.25) is 0 Å². The van der Waals surface area contributed by atoms with Crippen molar-refractivity contribution < 1.29 is 13.7 Å².